The number of para-hydroxylation sites is 1. The van der Waals surface area contributed by atoms with Crippen LogP contribution in [0.15, 0.2) is 53.7 Å². The first-order valence-corrected chi connectivity index (χ1v) is 10.1. The average molecular weight is 379 g/mol. The van der Waals surface area contributed by atoms with Crippen LogP contribution in [0.5, 0.6) is 5.88 Å². The standard InChI is InChI=1S/C21H22N4OS/c1-4-27-21-23-20-18(24-25-21)16-7-5-6-8-17(16)22-19(26-20)15-11-9-14(10-12-15)13(2)3/h5-13,19,22H,4H2,1-3H3/t19-/m1/s1. The van der Waals surface area contributed by atoms with Gasteiger partial charge in [0, 0.05) is 16.8 Å². The van der Waals surface area contributed by atoms with Crippen molar-refractivity contribution in [2.45, 2.75) is 38.1 Å². The Morgan fingerprint density at radius 1 is 1.07 bits per heavy atom. The van der Waals surface area contributed by atoms with Crippen LogP contribution in [0.3, 0.4) is 0 Å². The summed E-state index contributed by atoms with van der Waals surface area (Å²) in [6.07, 6.45) is -0.343. The number of ether oxygens (including phenoxy) is 1. The Hall–Kier alpha value is -2.60. The summed E-state index contributed by atoms with van der Waals surface area (Å²) in [4.78, 5) is 4.61. The Kier molecular flexibility index (Phi) is 4.99. The van der Waals surface area contributed by atoms with Gasteiger partial charge in [0.2, 0.25) is 11.0 Å². The SMILES string of the molecule is CCSc1nnc2c(n1)O[C@H](c1ccc(C(C)C)cc1)Nc1ccccc1-2. The van der Waals surface area contributed by atoms with Gasteiger partial charge in [0.1, 0.15) is 0 Å². The summed E-state index contributed by atoms with van der Waals surface area (Å²) in [5, 5.41) is 12.8. The first kappa shape index (κ1) is 17.8. The van der Waals surface area contributed by atoms with Gasteiger partial charge in [0.25, 0.3) is 0 Å². The molecular formula is C21H22N4OS. The largest absolute Gasteiger partial charge is 0.448 e. The number of anilines is 1. The van der Waals surface area contributed by atoms with Crippen LogP contribution in [0.25, 0.3) is 11.3 Å². The number of nitrogens with one attached hydrogen (secondary N) is 1. The van der Waals surface area contributed by atoms with Gasteiger partial charge in [-0.1, -0.05) is 75.0 Å². The molecule has 0 amide bonds. The van der Waals surface area contributed by atoms with Crippen molar-refractivity contribution in [3.05, 3.63) is 59.7 Å². The van der Waals surface area contributed by atoms with E-state index in [0.29, 0.717) is 22.6 Å². The van der Waals surface area contributed by atoms with Gasteiger partial charge in [-0.25, -0.2) is 0 Å². The molecule has 2 heterocycles. The summed E-state index contributed by atoms with van der Waals surface area (Å²) in [5.41, 5.74) is 4.92. The van der Waals surface area contributed by atoms with Gasteiger partial charge in [-0.3, -0.25) is 0 Å². The van der Waals surface area contributed by atoms with Crippen molar-refractivity contribution in [1.29, 1.82) is 0 Å². The van der Waals surface area contributed by atoms with Crippen LogP contribution >= 0.6 is 11.8 Å². The lowest BCUT2D eigenvalue weighted by molar-refractivity contribution is 0.225. The van der Waals surface area contributed by atoms with E-state index in [2.05, 4.69) is 65.5 Å². The number of thioether (sulfide) groups is 1. The second kappa shape index (κ2) is 7.56. The van der Waals surface area contributed by atoms with Gasteiger partial charge >= 0.3 is 0 Å². The predicted molar refractivity (Wildman–Crippen MR) is 109 cm³/mol. The molecule has 1 atom stereocenters. The molecular weight excluding hydrogens is 356 g/mol. The number of hydrogen-bond donors (Lipinski definition) is 1. The molecule has 0 spiro atoms. The number of hydrogen-bond acceptors (Lipinski definition) is 6. The monoisotopic (exact) mass is 378 g/mol. The molecule has 0 unspecified atom stereocenters. The minimum absolute atomic E-state index is 0.343. The summed E-state index contributed by atoms with van der Waals surface area (Å²) >= 11 is 1.55. The van der Waals surface area contributed by atoms with Crippen molar-refractivity contribution in [1.82, 2.24) is 15.2 Å². The third-order valence-electron chi connectivity index (χ3n) is 4.51. The van der Waals surface area contributed by atoms with E-state index in [1.807, 2.05) is 24.3 Å². The second-order valence-electron chi connectivity index (χ2n) is 6.69. The van der Waals surface area contributed by atoms with Gasteiger partial charge in [-0.2, -0.15) is 4.98 Å². The summed E-state index contributed by atoms with van der Waals surface area (Å²) in [7, 11) is 0. The normalized spacial score (nSPS) is 15.3. The van der Waals surface area contributed by atoms with Crippen molar-refractivity contribution in [2.24, 2.45) is 0 Å². The van der Waals surface area contributed by atoms with Gasteiger partial charge in [-0.05, 0) is 23.3 Å². The highest BCUT2D eigenvalue weighted by atomic mass is 32.2. The number of rotatable bonds is 4. The van der Waals surface area contributed by atoms with E-state index in [-0.39, 0.29) is 6.23 Å². The zero-order chi connectivity index (χ0) is 18.8. The highest BCUT2D eigenvalue weighted by molar-refractivity contribution is 7.99. The summed E-state index contributed by atoms with van der Waals surface area (Å²) in [6, 6.07) is 16.5. The highest BCUT2D eigenvalue weighted by Crippen LogP contribution is 2.39. The smallest absolute Gasteiger partial charge is 0.247 e. The van der Waals surface area contributed by atoms with Crippen molar-refractivity contribution in [2.75, 3.05) is 11.1 Å². The van der Waals surface area contributed by atoms with Crippen molar-refractivity contribution in [3.8, 4) is 17.1 Å². The third kappa shape index (κ3) is 3.62. The molecule has 2 aromatic carbocycles. The lowest BCUT2D eigenvalue weighted by Gasteiger charge is -2.20. The fourth-order valence-electron chi connectivity index (χ4n) is 3.04. The molecule has 6 heteroatoms. The lowest BCUT2D eigenvalue weighted by Crippen LogP contribution is -2.17. The molecule has 4 rings (SSSR count). The van der Waals surface area contributed by atoms with Crippen molar-refractivity contribution >= 4 is 17.4 Å². The number of aromatic nitrogens is 3. The highest BCUT2D eigenvalue weighted by Gasteiger charge is 2.25. The average Bonchev–Trinajstić information content (AvgIpc) is 2.85. The number of nitrogens with zero attached hydrogens (tertiary/aromatic N) is 3. The van der Waals surface area contributed by atoms with Gasteiger partial charge in [0.05, 0.1) is 0 Å². The molecule has 5 nitrogen and oxygen atoms in total. The third-order valence-corrected chi connectivity index (χ3v) is 5.23. The maximum absolute atomic E-state index is 6.27. The van der Waals surface area contributed by atoms with Crippen LogP contribution in [0.2, 0.25) is 0 Å². The zero-order valence-corrected chi connectivity index (χ0v) is 16.5. The molecule has 138 valence electrons. The molecule has 0 fully saturated rings. The molecule has 3 aromatic rings. The Balaban J connectivity index is 1.77. The van der Waals surface area contributed by atoms with E-state index in [1.165, 1.54) is 5.56 Å². The summed E-state index contributed by atoms with van der Waals surface area (Å²) in [6.45, 7) is 6.45. The summed E-state index contributed by atoms with van der Waals surface area (Å²) in [5.74, 6) is 1.89. The maximum atomic E-state index is 6.27. The van der Waals surface area contributed by atoms with Gasteiger partial charge in [0.15, 0.2) is 11.9 Å². The van der Waals surface area contributed by atoms with E-state index in [0.717, 1.165) is 22.6 Å². The van der Waals surface area contributed by atoms with E-state index in [9.17, 15) is 0 Å². The summed E-state index contributed by atoms with van der Waals surface area (Å²) < 4.78 is 6.27. The Morgan fingerprint density at radius 2 is 1.85 bits per heavy atom. The molecule has 1 aliphatic rings. The van der Waals surface area contributed by atoms with Crippen LogP contribution in [0, 0.1) is 0 Å². The Morgan fingerprint density at radius 3 is 2.59 bits per heavy atom. The van der Waals surface area contributed by atoms with Crippen LogP contribution in [-0.4, -0.2) is 20.9 Å². The van der Waals surface area contributed by atoms with Gasteiger partial charge in [-0.15, -0.1) is 10.2 Å². The maximum Gasteiger partial charge on any atom is 0.247 e. The van der Waals surface area contributed by atoms with Crippen LogP contribution < -0.4 is 10.1 Å². The zero-order valence-electron chi connectivity index (χ0n) is 15.6. The Bertz CT molecular complexity index is 943. The number of fused-ring (bicyclic) bond motifs is 3. The Labute approximate surface area is 163 Å². The fraction of sp³-hybridized carbons (Fsp3) is 0.286. The molecule has 0 bridgehead atoms. The number of benzene rings is 2. The van der Waals surface area contributed by atoms with Crippen LogP contribution in [0.4, 0.5) is 5.69 Å². The predicted octanol–water partition coefficient (Wildman–Crippen LogP) is 5.28. The molecule has 0 aliphatic carbocycles. The van der Waals surface area contributed by atoms with Crippen LogP contribution in [-0.2, 0) is 0 Å². The van der Waals surface area contributed by atoms with Crippen LogP contribution in [0.1, 0.15) is 44.0 Å². The molecule has 0 saturated carbocycles. The lowest BCUT2D eigenvalue weighted by atomic mass is 10.0. The minimum atomic E-state index is -0.343. The van der Waals surface area contributed by atoms with E-state index in [1.54, 1.807) is 11.8 Å². The van der Waals surface area contributed by atoms with E-state index in [4.69, 9.17) is 4.74 Å². The minimum Gasteiger partial charge on any atom is -0.448 e. The molecule has 1 N–H and O–H groups in total. The van der Waals surface area contributed by atoms with Gasteiger partial charge < -0.3 is 10.1 Å². The molecule has 27 heavy (non-hydrogen) atoms. The topological polar surface area (TPSA) is 59.9 Å². The molecule has 0 saturated heterocycles. The van der Waals surface area contributed by atoms with E-state index < -0.39 is 0 Å². The fourth-order valence-corrected chi connectivity index (χ4v) is 3.55. The first-order chi connectivity index (χ1) is 13.2. The molecule has 1 aliphatic heterocycles. The van der Waals surface area contributed by atoms with E-state index >= 15 is 0 Å². The second-order valence-corrected chi connectivity index (χ2v) is 7.92. The molecule has 0 radical (unpaired) electrons. The first-order valence-electron chi connectivity index (χ1n) is 9.15. The van der Waals surface area contributed by atoms with Crippen molar-refractivity contribution < 1.29 is 4.74 Å². The van der Waals surface area contributed by atoms with Crippen molar-refractivity contribution in [3.63, 3.8) is 0 Å². The quantitative estimate of drug-likeness (QED) is 0.624. The molecule has 1 aromatic heterocycles.